The van der Waals surface area contributed by atoms with E-state index in [1.54, 1.807) is 0 Å². The Morgan fingerprint density at radius 1 is 0.545 bits per heavy atom. The summed E-state index contributed by atoms with van der Waals surface area (Å²) >= 11 is 0. The summed E-state index contributed by atoms with van der Waals surface area (Å²) in [5.41, 5.74) is 11.7. The second-order valence-electron chi connectivity index (χ2n) is 11.7. The van der Waals surface area contributed by atoms with Gasteiger partial charge in [0.05, 0.1) is 44.7 Å². The highest BCUT2D eigenvalue weighted by Crippen LogP contribution is 2.40. The van der Waals surface area contributed by atoms with Gasteiger partial charge in [0.15, 0.2) is 0 Å². The van der Waals surface area contributed by atoms with Crippen LogP contribution < -0.4 is 0 Å². The van der Waals surface area contributed by atoms with Crippen LogP contribution in [0.1, 0.15) is 28.2 Å². The van der Waals surface area contributed by atoms with Gasteiger partial charge in [-0.1, -0.05) is 60.7 Å². The Morgan fingerprint density at radius 3 is 1.66 bits per heavy atom. The van der Waals surface area contributed by atoms with Gasteiger partial charge in [-0.15, -0.1) is 0 Å². The maximum absolute atomic E-state index is 10.8. The normalized spacial score (nSPS) is 11.6. The van der Waals surface area contributed by atoms with E-state index >= 15 is 0 Å². The molecule has 0 spiro atoms. The van der Waals surface area contributed by atoms with Crippen LogP contribution in [0.15, 0.2) is 103 Å². The van der Waals surface area contributed by atoms with Gasteiger partial charge in [-0.25, -0.2) is 9.97 Å². The summed E-state index contributed by atoms with van der Waals surface area (Å²) < 4.78 is 4.53. The van der Waals surface area contributed by atoms with Crippen molar-refractivity contribution in [2.24, 2.45) is 0 Å². The van der Waals surface area contributed by atoms with Crippen LogP contribution in [-0.4, -0.2) is 19.1 Å². The lowest BCUT2D eigenvalue weighted by Gasteiger charge is -2.19. The first-order valence-electron chi connectivity index (χ1n) is 14.8. The molecule has 0 N–H and O–H groups in total. The fraction of sp³-hybridized carbons (Fsp3) is 0.103. The summed E-state index contributed by atoms with van der Waals surface area (Å²) in [6.07, 6.45) is 0. The van der Waals surface area contributed by atoms with Crippen molar-refractivity contribution in [2.75, 3.05) is 0 Å². The van der Waals surface area contributed by atoms with Crippen molar-refractivity contribution in [1.82, 2.24) is 19.1 Å². The summed E-state index contributed by atoms with van der Waals surface area (Å²) in [6, 6.07) is 38.8. The first-order chi connectivity index (χ1) is 21.4. The van der Waals surface area contributed by atoms with Crippen LogP contribution in [0.25, 0.3) is 66.2 Å². The van der Waals surface area contributed by atoms with Gasteiger partial charge in [0.1, 0.15) is 11.9 Å². The lowest BCUT2D eigenvalue weighted by molar-refractivity contribution is 1.01. The molecular weight excluding hydrogens is 538 g/mol. The minimum absolute atomic E-state index is 0.592. The van der Waals surface area contributed by atoms with Crippen molar-refractivity contribution in [3.05, 3.63) is 131 Å². The highest BCUT2D eigenvalue weighted by atomic mass is 15.0. The van der Waals surface area contributed by atoms with E-state index in [4.69, 9.17) is 4.98 Å². The maximum atomic E-state index is 10.8. The summed E-state index contributed by atoms with van der Waals surface area (Å²) in [4.78, 5) is 9.54. The standard InChI is InChI=1S/C39H29N5/c1-23-13-15-30-28-9-5-7-11-34(28)43(37(30)17-23)36-21-32(33-19-25(3)41-26(4)42-33)39(20-27(36)22-40)44-35-12-8-6-10-29(35)31-16-14-24(2)18-38(31)44/h5-21H,1-4H3. The molecule has 44 heavy (non-hydrogen) atoms. The van der Waals surface area contributed by atoms with Gasteiger partial charge < -0.3 is 9.13 Å². The Labute approximate surface area is 255 Å². The molecule has 5 heteroatoms. The van der Waals surface area contributed by atoms with Crippen LogP contribution >= 0.6 is 0 Å². The van der Waals surface area contributed by atoms with Crippen molar-refractivity contribution in [3.63, 3.8) is 0 Å². The zero-order valence-corrected chi connectivity index (χ0v) is 25.1. The van der Waals surface area contributed by atoms with Crippen LogP contribution in [0, 0.1) is 39.0 Å². The molecule has 3 aromatic heterocycles. The summed E-state index contributed by atoms with van der Waals surface area (Å²) in [5.74, 6) is 0.711. The Kier molecular flexibility index (Phi) is 5.69. The number of nitriles is 1. The Morgan fingerprint density at radius 2 is 1.09 bits per heavy atom. The van der Waals surface area contributed by atoms with Crippen LogP contribution in [0.2, 0.25) is 0 Å². The molecule has 0 aliphatic heterocycles. The minimum Gasteiger partial charge on any atom is -0.309 e. The average Bonchev–Trinajstić information content (AvgIpc) is 3.51. The van der Waals surface area contributed by atoms with E-state index in [9.17, 15) is 5.26 Å². The first kappa shape index (κ1) is 25.9. The Balaban J connectivity index is 1.55. The topological polar surface area (TPSA) is 59.4 Å². The van der Waals surface area contributed by atoms with Crippen molar-refractivity contribution in [1.29, 1.82) is 5.26 Å². The molecule has 0 radical (unpaired) electrons. The molecule has 5 nitrogen and oxygen atoms in total. The molecule has 8 aromatic rings. The third kappa shape index (κ3) is 3.85. The molecule has 0 amide bonds. The van der Waals surface area contributed by atoms with E-state index in [2.05, 4.69) is 125 Å². The Hall–Kier alpha value is -5.73. The molecule has 0 aliphatic rings. The zero-order valence-electron chi connectivity index (χ0n) is 25.1. The highest BCUT2D eigenvalue weighted by molar-refractivity contribution is 6.11. The van der Waals surface area contributed by atoms with E-state index in [1.165, 1.54) is 21.9 Å². The number of rotatable bonds is 3. The molecule has 5 aromatic carbocycles. The number of nitrogens with zero attached hydrogens (tertiary/aromatic N) is 5. The molecule has 3 heterocycles. The van der Waals surface area contributed by atoms with Crippen molar-refractivity contribution >= 4 is 43.6 Å². The van der Waals surface area contributed by atoms with Crippen LogP contribution in [0.4, 0.5) is 0 Å². The van der Waals surface area contributed by atoms with Gasteiger partial charge in [-0.3, -0.25) is 0 Å². The fourth-order valence-corrected chi connectivity index (χ4v) is 6.78. The molecule has 0 aliphatic carbocycles. The number of para-hydroxylation sites is 2. The number of hydrogen-bond acceptors (Lipinski definition) is 3. The predicted octanol–water partition coefficient (Wildman–Crippen LogP) is 9.44. The van der Waals surface area contributed by atoms with Gasteiger partial charge in [-0.2, -0.15) is 5.26 Å². The largest absolute Gasteiger partial charge is 0.309 e. The third-order valence-electron chi connectivity index (χ3n) is 8.62. The third-order valence-corrected chi connectivity index (χ3v) is 8.62. The maximum Gasteiger partial charge on any atom is 0.126 e. The van der Waals surface area contributed by atoms with E-state index in [0.717, 1.165) is 61.2 Å². The predicted molar refractivity (Wildman–Crippen MR) is 180 cm³/mol. The van der Waals surface area contributed by atoms with Gasteiger partial charge in [0.2, 0.25) is 0 Å². The van der Waals surface area contributed by atoms with Crippen LogP contribution in [-0.2, 0) is 0 Å². The quantitative estimate of drug-likeness (QED) is 0.214. The summed E-state index contributed by atoms with van der Waals surface area (Å²) in [5, 5.41) is 15.4. The van der Waals surface area contributed by atoms with Crippen molar-refractivity contribution < 1.29 is 0 Å². The smallest absolute Gasteiger partial charge is 0.126 e. The van der Waals surface area contributed by atoms with E-state index in [-0.39, 0.29) is 0 Å². The monoisotopic (exact) mass is 567 g/mol. The minimum atomic E-state index is 0.592. The molecule has 210 valence electrons. The zero-order chi connectivity index (χ0) is 30.1. The lowest BCUT2D eigenvalue weighted by Crippen LogP contribution is -2.05. The lowest BCUT2D eigenvalue weighted by atomic mass is 10.0. The van der Waals surface area contributed by atoms with Gasteiger partial charge in [0, 0.05) is 32.8 Å². The summed E-state index contributed by atoms with van der Waals surface area (Å²) in [6.45, 7) is 8.16. The number of fused-ring (bicyclic) bond motifs is 6. The highest BCUT2D eigenvalue weighted by Gasteiger charge is 2.22. The fourth-order valence-electron chi connectivity index (χ4n) is 6.78. The van der Waals surface area contributed by atoms with Gasteiger partial charge in [0.25, 0.3) is 0 Å². The van der Waals surface area contributed by atoms with E-state index in [1.807, 2.05) is 26.0 Å². The molecule has 8 rings (SSSR count). The number of aromatic nitrogens is 4. The van der Waals surface area contributed by atoms with Gasteiger partial charge in [-0.05, 0) is 81.3 Å². The second-order valence-corrected chi connectivity index (χ2v) is 11.7. The van der Waals surface area contributed by atoms with Crippen LogP contribution in [0.3, 0.4) is 0 Å². The summed E-state index contributed by atoms with van der Waals surface area (Å²) in [7, 11) is 0. The molecular formula is C39H29N5. The number of aryl methyl sites for hydroxylation is 4. The van der Waals surface area contributed by atoms with Gasteiger partial charge >= 0.3 is 0 Å². The molecule has 0 unspecified atom stereocenters. The molecule has 0 saturated carbocycles. The average molecular weight is 568 g/mol. The van der Waals surface area contributed by atoms with Crippen molar-refractivity contribution in [2.45, 2.75) is 27.7 Å². The first-order valence-corrected chi connectivity index (χ1v) is 14.8. The molecule has 0 atom stereocenters. The van der Waals surface area contributed by atoms with Crippen LogP contribution in [0.5, 0.6) is 0 Å². The van der Waals surface area contributed by atoms with Crippen molar-refractivity contribution in [3.8, 4) is 28.7 Å². The molecule has 0 bridgehead atoms. The number of hydrogen-bond donors (Lipinski definition) is 0. The molecule has 0 saturated heterocycles. The number of benzene rings is 5. The molecule has 0 fully saturated rings. The van der Waals surface area contributed by atoms with E-state index < -0.39 is 0 Å². The second kappa shape index (κ2) is 9.65. The SMILES string of the molecule is Cc1ccc2c3ccccc3n(-c3cc(-c4cc(C)nc(C)n4)c(-n4c5ccccc5c5ccc(C)cc54)cc3C#N)c2c1. The Bertz CT molecular complexity index is 2480. The van der Waals surface area contributed by atoms with E-state index in [0.29, 0.717) is 11.4 Å².